The number of allylic oxidation sites excluding steroid dienone is 1. The highest BCUT2D eigenvalue weighted by Gasteiger charge is 2.58. The number of benzene rings is 1. The van der Waals surface area contributed by atoms with Crippen LogP contribution in [0.3, 0.4) is 0 Å². The van der Waals surface area contributed by atoms with Crippen LogP contribution in [0.4, 0.5) is 0 Å². The molecule has 2 heterocycles. The van der Waals surface area contributed by atoms with Crippen molar-refractivity contribution in [1.82, 2.24) is 5.01 Å². The van der Waals surface area contributed by atoms with Gasteiger partial charge in [-0.25, -0.2) is 5.01 Å². The SMILES string of the molecule is CC1=NN(C2CCCCC2)C(=O)[C@@]12C(c1cccs1)=C(C)c1ccccc12. The van der Waals surface area contributed by atoms with Crippen LogP contribution in [0.1, 0.15) is 62.0 Å². The van der Waals surface area contributed by atoms with Gasteiger partial charge in [0.2, 0.25) is 0 Å². The molecule has 0 unspecified atom stereocenters. The van der Waals surface area contributed by atoms with Crippen LogP contribution in [0.25, 0.3) is 11.1 Å². The second-order valence-corrected chi connectivity index (χ2v) is 8.85. The van der Waals surface area contributed by atoms with E-state index < -0.39 is 5.41 Å². The Morgan fingerprint density at radius 2 is 1.85 bits per heavy atom. The number of nitrogens with zero attached hydrogens (tertiary/aromatic N) is 2. The molecule has 138 valence electrons. The molecule has 1 aromatic heterocycles. The van der Waals surface area contributed by atoms with E-state index in [0.717, 1.165) is 29.7 Å². The number of fused-ring (bicyclic) bond motifs is 2. The van der Waals surface area contributed by atoms with Crippen molar-refractivity contribution in [2.75, 3.05) is 0 Å². The third-order valence-electron chi connectivity index (χ3n) is 6.50. The fourth-order valence-corrected chi connectivity index (χ4v) is 6.14. The Labute approximate surface area is 164 Å². The van der Waals surface area contributed by atoms with Gasteiger partial charge in [-0.15, -0.1) is 11.3 Å². The molecule has 2 aliphatic carbocycles. The molecular weight excluding hydrogens is 352 g/mol. The van der Waals surface area contributed by atoms with Crippen LogP contribution in [0.2, 0.25) is 0 Å². The smallest absolute Gasteiger partial charge is 0.263 e. The molecule has 1 amide bonds. The molecule has 0 saturated heterocycles. The summed E-state index contributed by atoms with van der Waals surface area (Å²) in [6, 6.07) is 12.9. The summed E-state index contributed by atoms with van der Waals surface area (Å²) in [6.07, 6.45) is 5.79. The lowest BCUT2D eigenvalue weighted by Gasteiger charge is -2.32. The van der Waals surface area contributed by atoms with Gasteiger partial charge < -0.3 is 0 Å². The summed E-state index contributed by atoms with van der Waals surface area (Å²) in [4.78, 5) is 15.2. The lowest BCUT2D eigenvalue weighted by atomic mass is 9.72. The average Bonchev–Trinajstić information content (AvgIpc) is 3.37. The second kappa shape index (κ2) is 6.16. The van der Waals surface area contributed by atoms with Gasteiger partial charge in [0.1, 0.15) is 5.41 Å². The monoisotopic (exact) mass is 376 g/mol. The number of hydrazone groups is 1. The maximum absolute atomic E-state index is 14.0. The van der Waals surface area contributed by atoms with Gasteiger partial charge in [-0.3, -0.25) is 4.79 Å². The summed E-state index contributed by atoms with van der Waals surface area (Å²) in [6.45, 7) is 4.20. The van der Waals surface area contributed by atoms with E-state index >= 15 is 0 Å². The van der Waals surface area contributed by atoms with Crippen LogP contribution in [0.5, 0.6) is 0 Å². The maximum atomic E-state index is 14.0. The minimum Gasteiger partial charge on any atom is -0.271 e. The Balaban J connectivity index is 1.71. The van der Waals surface area contributed by atoms with Crippen molar-refractivity contribution in [1.29, 1.82) is 0 Å². The second-order valence-electron chi connectivity index (χ2n) is 7.90. The number of hydrogen-bond donors (Lipinski definition) is 0. The Bertz CT molecular complexity index is 966. The fraction of sp³-hybridized carbons (Fsp3) is 0.391. The Hall–Kier alpha value is -2.20. The van der Waals surface area contributed by atoms with E-state index in [2.05, 4.69) is 48.7 Å². The van der Waals surface area contributed by atoms with Crippen molar-refractivity contribution in [3.05, 3.63) is 57.8 Å². The molecule has 0 radical (unpaired) electrons. The summed E-state index contributed by atoms with van der Waals surface area (Å²) in [5, 5.41) is 8.83. The summed E-state index contributed by atoms with van der Waals surface area (Å²) in [5.74, 6) is 0.152. The first-order valence-corrected chi connectivity index (χ1v) is 10.8. The quantitative estimate of drug-likeness (QED) is 0.683. The van der Waals surface area contributed by atoms with Gasteiger partial charge in [0, 0.05) is 4.88 Å². The number of rotatable bonds is 2. The van der Waals surface area contributed by atoms with E-state index in [1.165, 1.54) is 35.3 Å². The molecule has 27 heavy (non-hydrogen) atoms. The largest absolute Gasteiger partial charge is 0.271 e. The predicted octanol–water partition coefficient (Wildman–Crippen LogP) is 5.48. The minimum absolute atomic E-state index is 0.152. The van der Waals surface area contributed by atoms with E-state index in [4.69, 9.17) is 5.10 Å². The molecule has 5 rings (SSSR count). The molecular formula is C23H24N2OS. The summed E-state index contributed by atoms with van der Waals surface area (Å²) in [7, 11) is 0. The number of hydrogen-bond acceptors (Lipinski definition) is 3. The molecule has 4 heteroatoms. The van der Waals surface area contributed by atoms with Gasteiger partial charge in [-0.2, -0.15) is 5.10 Å². The van der Waals surface area contributed by atoms with E-state index in [-0.39, 0.29) is 11.9 Å². The number of carbonyl (C=O) groups is 1. The lowest BCUT2D eigenvalue weighted by Crippen LogP contribution is -2.46. The van der Waals surface area contributed by atoms with E-state index in [1.807, 2.05) is 11.9 Å². The highest BCUT2D eigenvalue weighted by atomic mass is 32.1. The maximum Gasteiger partial charge on any atom is 0.263 e. The summed E-state index contributed by atoms with van der Waals surface area (Å²) in [5.41, 5.74) is 4.82. The first-order chi connectivity index (χ1) is 13.2. The van der Waals surface area contributed by atoms with E-state index in [0.29, 0.717) is 0 Å². The highest BCUT2D eigenvalue weighted by molar-refractivity contribution is 7.11. The molecule has 1 atom stereocenters. The van der Waals surface area contributed by atoms with Crippen molar-refractivity contribution in [2.24, 2.45) is 5.10 Å². The van der Waals surface area contributed by atoms with Crippen LogP contribution >= 0.6 is 11.3 Å². The van der Waals surface area contributed by atoms with Crippen molar-refractivity contribution in [3.63, 3.8) is 0 Å². The third-order valence-corrected chi connectivity index (χ3v) is 7.39. The number of thiophene rings is 1. The molecule has 1 saturated carbocycles. The summed E-state index contributed by atoms with van der Waals surface area (Å²) >= 11 is 1.71. The standard InChI is InChI=1S/C23H24N2OS/c1-15-18-11-6-7-12-19(18)23(21(15)20-13-8-14-27-20)16(2)24-25(22(23)26)17-9-4-3-5-10-17/h6-8,11-14,17H,3-5,9-10H2,1-2H3/t23-/m0/s1. The van der Waals surface area contributed by atoms with Gasteiger partial charge >= 0.3 is 0 Å². The molecule has 3 aliphatic rings. The molecule has 1 spiro atoms. The minimum atomic E-state index is -0.747. The normalized spacial score (nSPS) is 25.5. The zero-order chi connectivity index (χ0) is 18.6. The molecule has 0 bridgehead atoms. The van der Waals surface area contributed by atoms with Crippen LogP contribution in [0.15, 0.2) is 46.9 Å². The van der Waals surface area contributed by atoms with Crippen LogP contribution in [0, 0.1) is 0 Å². The molecule has 1 fully saturated rings. The number of carbonyl (C=O) groups excluding carboxylic acids is 1. The van der Waals surface area contributed by atoms with Gasteiger partial charge in [0.15, 0.2) is 0 Å². The van der Waals surface area contributed by atoms with Crippen molar-refractivity contribution >= 4 is 34.1 Å². The lowest BCUT2D eigenvalue weighted by molar-refractivity contribution is -0.134. The van der Waals surface area contributed by atoms with Crippen LogP contribution in [-0.2, 0) is 10.2 Å². The van der Waals surface area contributed by atoms with Gasteiger partial charge in [-0.05, 0) is 60.4 Å². The van der Waals surface area contributed by atoms with Crippen molar-refractivity contribution in [2.45, 2.75) is 57.4 Å². The van der Waals surface area contributed by atoms with Crippen LogP contribution < -0.4 is 0 Å². The topological polar surface area (TPSA) is 32.7 Å². The van der Waals surface area contributed by atoms with E-state index in [1.54, 1.807) is 11.3 Å². The zero-order valence-electron chi connectivity index (χ0n) is 15.9. The first-order valence-electron chi connectivity index (χ1n) is 9.90. The molecule has 2 aromatic rings. The van der Waals surface area contributed by atoms with Gasteiger partial charge in [0.25, 0.3) is 5.91 Å². The predicted molar refractivity (Wildman–Crippen MR) is 112 cm³/mol. The molecule has 0 N–H and O–H groups in total. The Morgan fingerprint density at radius 1 is 1.07 bits per heavy atom. The first kappa shape index (κ1) is 16.9. The average molecular weight is 377 g/mol. The third kappa shape index (κ3) is 2.19. The molecule has 1 aromatic carbocycles. The van der Waals surface area contributed by atoms with E-state index in [9.17, 15) is 4.79 Å². The zero-order valence-corrected chi connectivity index (χ0v) is 16.7. The molecule has 1 aliphatic heterocycles. The van der Waals surface area contributed by atoms with Gasteiger partial charge in [-0.1, -0.05) is 49.6 Å². The Kier molecular flexibility index (Phi) is 3.87. The van der Waals surface area contributed by atoms with Crippen molar-refractivity contribution in [3.8, 4) is 0 Å². The highest BCUT2D eigenvalue weighted by Crippen LogP contribution is 2.56. The van der Waals surface area contributed by atoms with Crippen LogP contribution in [-0.4, -0.2) is 22.7 Å². The fourth-order valence-electron chi connectivity index (χ4n) is 5.26. The van der Waals surface area contributed by atoms with Gasteiger partial charge in [0.05, 0.1) is 11.8 Å². The van der Waals surface area contributed by atoms with Crippen molar-refractivity contribution < 1.29 is 4.79 Å². The number of amides is 1. The Morgan fingerprint density at radius 3 is 2.59 bits per heavy atom. The summed E-state index contributed by atoms with van der Waals surface area (Å²) < 4.78 is 0. The molecule has 3 nitrogen and oxygen atoms in total.